The number of aromatic nitrogens is 2. The van der Waals surface area contributed by atoms with Crippen LogP contribution in [0.25, 0.3) is 16.9 Å². The van der Waals surface area contributed by atoms with Crippen LogP contribution in [0.3, 0.4) is 0 Å². The van der Waals surface area contributed by atoms with Crippen molar-refractivity contribution in [1.29, 1.82) is 0 Å². The van der Waals surface area contributed by atoms with Crippen LogP contribution < -0.4 is 15.4 Å². The molecule has 0 spiro atoms. The molecule has 0 saturated carbocycles. The average molecular weight is 457 g/mol. The summed E-state index contributed by atoms with van der Waals surface area (Å²) in [4.78, 5) is 24.6. The van der Waals surface area contributed by atoms with Crippen molar-refractivity contribution in [2.75, 3.05) is 31.5 Å². The Bertz CT molecular complexity index is 1270. The van der Waals surface area contributed by atoms with Gasteiger partial charge in [0, 0.05) is 24.0 Å². The number of nitrogens with one attached hydrogen (secondary N) is 2. The summed E-state index contributed by atoms with van der Waals surface area (Å²) in [6.45, 7) is -0.0287. The second-order valence-corrected chi connectivity index (χ2v) is 7.40. The van der Waals surface area contributed by atoms with Gasteiger partial charge in [-0.05, 0) is 66.7 Å². The van der Waals surface area contributed by atoms with Gasteiger partial charge in [-0.3, -0.25) is 9.59 Å². The zero-order chi connectivity index (χ0) is 23.9. The molecule has 0 aliphatic heterocycles. The molecule has 4 aromatic rings. The molecular formula is C26H24N4O4. The highest BCUT2D eigenvalue weighted by Crippen LogP contribution is 2.26. The Morgan fingerprint density at radius 3 is 2.12 bits per heavy atom. The molecule has 8 nitrogen and oxygen atoms in total. The highest BCUT2D eigenvalue weighted by Gasteiger charge is 2.17. The van der Waals surface area contributed by atoms with Crippen LogP contribution in [0.1, 0.15) is 10.5 Å². The molecule has 4 rings (SSSR count). The van der Waals surface area contributed by atoms with Gasteiger partial charge in [-0.1, -0.05) is 18.2 Å². The third-order valence-corrected chi connectivity index (χ3v) is 5.03. The van der Waals surface area contributed by atoms with E-state index in [0.717, 1.165) is 22.7 Å². The number of methoxy groups -OCH3 is 2. The maximum absolute atomic E-state index is 13.0. The van der Waals surface area contributed by atoms with Gasteiger partial charge >= 0.3 is 0 Å². The van der Waals surface area contributed by atoms with E-state index in [1.165, 1.54) is 7.11 Å². The summed E-state index contributed by atoms with van der Waals surface area (Å²) in [7, 11) is 3.07. The van der Waals surface area contributed by atoms with E-state index in [4.69, 9.17) is 9.47 Å². The molecule has 172 valence electrons. The molecule has 3 aromatic carbocycles. The Hall–Kier alpha value is -4.43. The van der Waals surface area contributed by atoms with Crippen LogP contribution in [0.5, 0.6) is 5.75 Å². The van der Waals surface area contributed by atoms with Crippen LogP contribution in [-0.2, 0) is 9.53 Å². The van der Waals surface area contributed by atoms with Crippen LogP contribution in [0.2, 0.25) is 0 Å². The summed E-state index contributed by atoms with van der Waals surface area (Å²) in [5.74, 6) is 0.145. The maximum atomic E-state index is 13.0. The Kier molecular flexibility index (Phi) is 7.00. The Labute approximate surface area is 197 Å². The standard InChI is InChI=1S/C26H24N4O4/c1-33-17-25(31)27-19-10-12-20(13-11-19)28-26(32)23-16-24(18-8-14-22(34-2)15-9-18)30(29-23)21-6-4-3-5-7-21/h3-16H,17H2,1-2H3,(H,27,31)(H,28,32). The van der Waals surface area contributed by atoms with Crippen molar-refractivity contribution in [3.8, 4) is 22.7 Å². The van der Waals surface area contributed by atoms with Crippen molar-refractivity contribution in [3.05, 3.63) is 90.6 Å². The smallest absolute Gasteiger partial charge is 0.276 e. The molecule has 1 heterocycles. The summed E-state index contributed by atoms with van der Waals surface area (Å²) >= 11 is 0. The first-order valence-electron chi connectivity index (χ1n) is 10.6. The first-order valence-corrected chi connectivity index (χ1v) is 10.6. The predicted molar refractivity (Wildman–Crippen MR) is 130 cm³/mol. The lowest BCUT2D eigenvalue weighted by Gasteiger charge is -2.08. The highest BCUT2D eigenvalue weighted by atomic mass is 16.5. The fraction of sp³-hybridized carbons (Fsp3) is 0.115. The minimum Gasteiger partial charge on any atom is -0.497 e. The number of carbonyl (C=O) groups excluding carboxylic acids is 2. The minimum atomic E-state index is -0.347. The number of nitrogens with zero attached hydrogens (tertiary/aromatic N) is 2. The highest BCUT2D eigenvalue weighted by molar-refractivity contribution is 6.03. The number of amides is 2. The molecule has 0 saturated heterocycles. The van der Waals surface area contributed by atoms with Gasteiger partial charge in [-0.2, -0.15) is 5.10 Å². The Morgan fingerprint density at radius 1 is 0.853 bits per heavy atom. The van der Waals surface area contributed by atoms with Gasteiger partial charge in [0.1, 0.15) is 12.4 Å². The summed E-state index contributed by atoms with van der Waals surface area (Å²) < 4.78 is 11.8. The van der Waals surface area contributed by atoms with Gasteiger partial charge < -0.3 is 20.1 Å². The van der Waals surface area contributed by atoms with Crippen LogP contribution in [0.4, 0.5) is 11.4 Å². The number of para-hydroxylation sites is 1. The van der Waals surface area contributed by atoms with E-state index in [1.807, 2.05) is 54.6 Å². The van der Waals surface area contributed by atoms with Crippen molar-refractivity contribution in [2.45, 2.75) is 0 Å². The molecule has 0 aliphatic carbocycles. The number of carbonyl (C=O) groups is 2. The molecule has 34 heavy (non-hydrogen) atoms. The van der Waals surface area contributed by atoms with Gasteiger partial charge in [0.2, 0.25) is 5.91 Å². The number of hydrogen-bond acceptors (Lipinski definition) is 5. The third kappa shape index (κ3) is 5.31. The molecule has 0 fully saturated rings. The largest absolute Gasteiger partial charge is 0.497 e. The number of ether oxygens (including phenoxy) is 2. The van der Waals surface area contributed by atoms with Crippen molar-refractivity contribution in [3.63, 3.8) is 0 Å². The SMILES string of the molecule is COCC(=O)Nc1ccc(NC(=O)c2cc(-c3ccc(OC)cc3)n(-c3ccccc3)n2)cc1. The molecule has 0 aliphatic rings. The summed E-state index contributed by atoms with van der Waals surface area (Å²) in [6.07, 6.45) is 0. The van der Waals surface area contributed by atoms with E-state index in [1.54, 1.807) is 42.1 Å². The third-order valence-electron chi connectivity index (χ3n) is 5.03. The van der Waals surface area contributed by atoms with E-state index in [-0.39, 0.29) is 24.1 Å². The van der Waals surface area contributed by atoms with E-state index < -0.39 is 0 Å². The van der Waals surface area contributed by atoms with Crippen LogP contribution in [-0.4, -0.2) is 42.4 Å². The van der Waals surface area contributed by atoms with Crippen LogP contribution in [0.15, 0.2) is 84.9 Å². The predicted octanol–water partition coefficient (Wildman–Crippen LogP) is 4.39. The number of rotatable bonds is 8. The summed E-state index contributed by atoms with van der Waals surface area (Å²) in [5, 5.41) is 10.1. The lowest BCUT2D eigenvalue weighted by molar-refractivity contribution is -0.119. The van der Waals surface area contributed by atoms with Gasteiger partial charge in [0.25, 0.3) is 5.91 Å². The first-order chi connectivity index (χ1) is 16.6. The molecule has 2 N–H and O–H groups in total. The summed E-state index contributed by atoms with van der Waals surface area (Å²) in [6, 6.07) is 25.8. The molecule has 2 amide bonds. The first kappa shape index (κ1) is 22.8. The second kappa shape index (κ2) is 10.5. The van der Waals surface area contributed by atoms with Crippen LogP contribution in [0, 0.1) is 0 Å². The maximum Gasteiger partial charge on any atom is 0.276 e. The van der Waals surface area contributed by atoms with E-state index in [9.17, 15) is 9.59 Å². The fourth-order valence-electron chi connectivity index (χ4n) is 3.39. The monoisotopic (exact) mass is 456 g/mol. The minimum absolute atomic E-state index is 0.0287. The van der Waals surface area contributed by atoms with Gasteiger partial charge in [0.05, 0.1) is 18.5 Å². The number of hydrogen-bond donors (Lipinski definition) is 2. The van der Waals surface area contributed by atoms with Gasteiger partial charge in [-0.15, -0.1) is 0 Å². The molecule has 0 unspecified atom stereocenters. The zero-order valence-electron chi connectivity index (χ0n) is 18.8. The average Bonchev–Trinajstić information content (AvgIpc) is 3.32. The molecule has 8 heteroatoms. The van der Waals surface area contributed by atoms with Gasteiger partial charge in [0.15, 0.2) is 5.69 Å². The van der Waals surface area contributed by atoms with Crippen molar-refractivity contribution >= 4 is 23.2 Å². The van der Waals surface area contributed by atoms with Gasteiger partial charge in [-0.25, -0.2) is 4.68 Å². The molecule has 0 radical (unpaired) electrons. The zero-order valence-corrected chi connectivity index (χ0v) is 18.8. The van der Waals surface area contributed by atoms with Crippen molar-refractivity contribution in [1.82, 2.24) is 9.78 Å². The number of benzene rings is 3. The normalized spacial score (nSPS) is 10.5. The van der Waals surface area contributed by atoms with Crippen molar-refractivity contribution in [2.24, 2.45) is 0 Å². The Morgan fingerprint density at radius 2 is 1.50 bits per heavy atom. The topological polar surface area (TPSA) is 94.5 Å². The quantitative estimate of drug-likeness (QED) is 0.410. The molecule has 0 atom stereocenters. The van der Waals surface area contributed by atoms with Crippen LogP contribution >= 0.6 is 0 Å². The number of anilines is 2. The molecule has 0 bridgehead atoms. The Balaban J connectivity index is 1.58. The summed E-state index contributed by atoms with van der Waals surface area (Å²) in [5.41, 5.74) is 3.96. The van der Waals surface area contributed by atoms with E-state index in [2.05, 4.69) is 15.7 Å². The van der Waals surface area contributed by atoms with E-state index in [0.29, 0.717) is 11.4 Å². The molecule has 1 aromatic heterocycles. The molecular weight excluding hydrogens is 432 g/mol. The second-order valence-electron chi connectivity index (χ2n) is 7.40. The fourth-order valence-corrected chi connectivity index (χ4v) is 3.39. The van der Waals surface area contributed by atoms with E-state index >= 15 is 0 Å². The van der Waals surface area contributed by atoms with Crippen molar-refractivity contribution < 1.29 is 19.1 Å². The lowest BCUT2D eigenvalue weighted by Crippen LogP contribution is -2.17. The lowest BCUT2D eigenvalue weighted by atomic mass is 10.1.